The van der Waals surface area contributed by atoms with Crippen LogP contribution < -0.4 is 15.2 Å². The lowest BCUT2D eigenvalue weighted by molar-refractivity contribution is 0.108. The minimum Gasteiger partial charge on any atom is -0.455 e. The topological polar surface area (TPSA) is 44.5 Å². The van der Waals surface area contributed by atoms with Crippen LogP contribution in [0.25, 0.3) is 0 Å². The average molecular weight is 137 g/mol. The van der Waals surface area contributed by atoms with Crippen molar-refractivity contribution in [1.82, 2.24) is 0 Å². The molecule has 0 aliphatic carbocycles. The van der Waals surface area contributed by atoms with Gasteiger partial charge in [0.1, 0.15) is 17.2 Å². The molecule has 2 bridgehead atoms. The summed E-state index contributed by atoms with van der Waals surface area (Å²) in [6.45, 7) is 0.270. The van der Waals surface area contributed by atoms with Crippen LogP contribution in [0, 0.1) is 0 Å². The quantitative estimate of drug-likeness (QED) is 0.542. The average Bonchev–Trinajstić information content (AvgIpc) is 1.86. The normalized spacial score (nSPS) is 13.6. The Morgan fingerprint density at radius 3 is 2.30 bits per heavy atom. The number of rotatable bonds is 0. The molecule has 1 aliphatic heterocycles. The first kappa shape index (κ1) is 5.41. The van der Waals surface area contributed by atoms with Crippen molar-refractivity contribution in [3.05, 3.63) is 18.2 Å². The van der Waals surface area contributed by atoms with Crippen LogP contribution >= 0.6 is 0 Å². The second kappa shape index (κ2) is 1.80. The molecule has 3 heteroatoms. The van der Waals surface area contributed by atoms with Crippen LogP contribution in [0.3, 0.4) is 0 Å². The highest BCUT2D eigenvalue weighted by Gasteiger charge is 2.11. The summed E-state index contributed by atoms with van der Waals surface area (Å²) >= 11 is 0. The van der Waals surface area contributed by atoms with Crippen molar-refractivity contribution in [2.45, 2.75) is 0 Å². The van der Waals surface area contributed by atoms with E-state index in [4.69, 9.17) is 15.2 Å². The van der Waals surface area contributed by atoms with E-state index in [1.165, 1.54) is 0 Å². The Morgan fingerprint density at radius 2 is 1.80 bits per heavy atom. The molecule has 0 spiro atoms. The molecule has 52 valence electrons. The van der Waals surface area contributed by atoms with E-state index in [-0.39, 0.29) is 6.79 Å². The van der Waals surface area contributed by atoms with Crippen LogP contribution in [0.5, 0.6) is 11.5 Å². The van der Waals surface area contributed by atoms with Crippen LogP contribution in [0.4, 0.5) is 5.69 Å². The maximum absolute atomic E-state index is 5.59. The van der Waals surface area contributed by atoms with E-state index in [1.54, 1.807) is 0 Å². The smallest absolute Gasteiger partial charge is 0.231 e. The highest BCUT2D eigenvalue weighted by atomic mass is 16.7. The van der Waals surface area contributed by atoms with Crippen molar-refractivity contribution < 1.29 is 9.47 Å². The molecule has 0 saturated carbocycles. The predicted molar refractivity (Wildman–Crippen MR) is 37.0 cm³/mol. The maximum atomic E-state index is 5.59. The van der Waals surface area contributed by atoms with Gasteiger partial charge in [0.15, 0.2) is 0 Å². The van der Waals surface area contributed by atoms with Crippen LogP contribution in [0.1, 0.15) is 0 Å². The predicted octanol–water partition coefficient (Wildman–Crippen LogP) is 0.997. The van der Waals surface area contributed by atoms with E-state index in [0.717, 1.165) is 0 Å². The fourth-order valence-corrected chi connectivity index (χ4v) is 0.932. The molecule has 1 aliphatic rings. The summed E-state index contributed by atoms with van der Waals surface area (Å²) < 4.78 is 10.1. The van der Waals surface area contributed by atoms with Crippen molar-refractivity contribution in [2.75, 3.05) is 12.5 Å². The Labute approximate surface area is 58.4 Å². The van der Waals surface area contributed by atoms with E-state index in [2.05, 4.69) is 0 Å². The second-order valence-corrected chi connectivity index (χ2v) is 2.07. The summed E-state index contributed by atoms with van der Waals surface area (Å²) in [5.41, 5.74) is 6.19. The summed E-state index contributed by atoms with van der Waals surface area (Å²) in [5, 5.41) is 0. The summed E-state index contributed by atoms with van der Waals surface area (Å²) in [4.78, 5) is 0. The van der Waals surface area contributed by atoms with Crippen LogP contribution in [0.2, 0.25) is 0 Å². The number of hydrogen-bond donors (Lipinski definition) is 1. The van der Waals surface area contributed by atoms with Gasteiger partial charge >= 0.3 is 0 Å². The molecule has 0 unspecified atom stereocenters. The zero-order chi connectivity index (χ0) is 6.97. The summed E-state index contributed by atoms with van der Waals surface area (Å²) in [6.07, 6.45) is 0. The minimum atomic E-state index is 0.270. The largest absolute Gasteiger partial charge is 0.455 e. The molecule has 1 aromatic carbocycles. The van der Waals surface area contributed by atoms with Crippen molar-refractivity contribution in [3.63, 3.8) is 0 Å². The molecule has 0 saturated heterocycles. The standard InChI is InChI=1S/C7H7NO2/c8-7-5-2-1-3-6(7)10-4-9-5/h1-3H,4,8H2. The van der Waals surface area contributed by atoms with Crippen LogP contribution in [-0.4, -0.2) is 6.79 Å². The summed E-state index contributed by atoms with van der Waals surface area (Å²) in [5.74, 6) is 1.42. The van der Waals surface area contributed by atoms with Crippen molar-refractivity contribution in [3.8, 4) is 11.5 Å². The first-order chi connectivity index (χ1) is 4.88. The molecule has 1 heterocycles. The number of nitrogens with two attached hydrogens (primary N) is 1. The fraction of sp³-hybridized carbons (Fsp3) is 0.143. The number of fused-ring (bicyclic) bond motifs is 2. The maximum Gasteiger partial charge on any atom is 0.231 e. The molecular weight excluding hydrogens is 130 g/mol. The molecule has 0 fully saturated rings. The number of benzene rings is 1. The molecule has 2 N–H and O–H groups in total. The molecule has 0 radical (unpaired) electrons. The molecule has 10 heavy (non-hydrogen) atoms. The van der Waals surface area contributed by atoms with Crippen molar-refractivity contribution in [1.29, 1.82) is 0 Å². The lowest BCUT2D eigenvalue weighted by atomic mass is 10.2. The third kappa shape index (κ3) is 0.603. The summed E-state index contributed by atoms with van der Waals surface area (Å²) in [6, 6.07) is 5.49. The lowest BCUT2D eigenvalue weighted by Gasteiger charge is -2.18. The Bertz CT molecular complexity index is 238. The van der Waals surface area contributed by atoms with Gasteiger partial charge in [-0.1, -0.05) is 6.07 Å². The van der Waals surface area contributed by atoms with Gasteiger partial charge in [-0.3, -0.25) is 0 Å². The van der Waals surface area contributed by atoms with E-state index in [9.17, 15) is 0 Å². The van der Waals surface area contributed by atoms with E-state index in [0.29, 0.717) is 17.2 Å². The third-order valence-electron chi connectivity index (χ3n) is 1.45. The van der Waals surface area contributed by atoms with Gasteiger partial charge in [-0.25, -0.2) is 0 Å². The number of nitrogen functional groups attached to an aromatic ring is 1. The van der Waals surface area contributed by atoms with Crippen LogP contribution in [-0.2, 0) is 0 Å². The zero-order valence-electron chi connectivity index (χ0n) is 5.33. The third-order valence-corrected chi connectivity index (χ3v) is 1.45. The highest BCUT2D eigenvalue weighted by molar-refractivity contribution is 5.63. The number of anilines is 1. The SMILES string of the molecule is Nc1c2cccc1OCO2. The summed E-state index contributed by atoms with van der Waals surface area (Å²) in [7, 11) is 0. The molecule has 0 atom stereocenters. The van der Waals surface area contributed by atoms with Gasteiger partial charge in [-0.05, 0) is 12.1 Å². The van der Waals surface area contributed by atoms with Gasteiger partial charge in [-0.2, -0.15) is 0 Å². The lowest BCUT2D eigenvalue weighted by Crippen LogP contribution is -2.13. The van der Waals surface area contributed by atoms with E-state index < -0.39 is 0 Å². The van der Waals surface area contributed by atoms with Gasteiger partial charge in [0.05, 0.1) is 0 Å². The van der Waals surface area contributed by atoms with Gasteiger partial charge in [-0.15, -0.1) is 0 Å². The van der Waals surface area contributed by atoms with Crippen molar-refractivity contribution in [2.24, 2.45) is 0 Å². The number of hydrogen-bond acceptors (Lipinski definition) is 3. The molecule has 3 nitrogen and oxygen atoms in total. The Kier molecular flexibility index (Phi) is 0.974. The second-order valence-electron chi connectivity index (χ2n) is 2.07. The van der Waals surface area contributed by atoms with Crippen molar-refractivity contribution >= 4 is 5.69 Å². The van der Waals surface area contributed by atoms with Gasteiger partial charge < -0.3 is 15.2 Å². The molecular formula is C7H7NO2. The number of para-hydroxylation sites is 1. The first-order valence-corrected chi connectivity index (χ1v) is 3.02. The fourth-order valence-electron chi connectivity index (χ4n) is 0.932. The van der Waals surface area contributed by atoms with Gasteiger partial charge in [0.25, 0.3) is 0 Å². The van der Waals surface area contributed by atoms with E-state index in [1.807, 2.05) is 18.2 Å². The monoisotopic (exact) mass is 137 g/mol. The Morgan fingerprint density at radius 1 is 1.20 bits per heavy atom. The highest BCUT2D eigenvalue weighted by Crippen LogP contribution is 2.34. The Hall–Kier alpha value is -1.38. The minimum absolute atomic E-state index is 0.270. The van der Waals surface area contributed by atoms with Gasteiger partial charge in [0, 0.05) is 0 Å². The Balaban J connectivity index is 2.61. The zero-order valence-corrected chi connectivity index (χ0v) is 5.33. The van der Waals surface area contributed by atoms with Crippen LogP contribution in [0.15, 0.2) is 18.2 Å². The van der Waals surface area contributed by atoms with E-state index >= 15 is 0 Å². The molecule has 1 aromatic rings. The van der Waals surface area contributed by atoms with Gasteiger partial charge in [0.2, 0.25) is 6.79 Å². The first-order valence-electron chi connectivity index (χ1n) is 3.02. The molecule has 2 rings (SSSR count). The molecule has 0 amide bonds. The molecule has 0 aromatic heterocycles. The number of ether oxygens (including phenoxy) is 2.